The first-order valence-electron chi connectivity index (χ1n) is 10.7. The van der Waals surface area contributed by atoms with Crippen molar-refractivity contribution in [1.82, 2.24) is 20.1 Å². The molecule has 2 atom stereocenters. The second-order valence-electron chi connectivity index (χ2n) is 9.55. The number of oxazole rings is 1. The van der Waals surface area contributed by atoms with Crippen LogP contribution in [0.15, 0.2) is 10.7 Å². The van der Waals surface area contributed by atoms with E-state index >= 15 is 0 Å². The molecule has 3 aliphatic rings. The fourth-order valence-corrected chi connectivity index (χ4v) is 4.40. The molecule has 29 heavy (non-hydrogen) atoms. The van der Waals surface area contributed by atoms with Gasteiger partial charge in [-0.05, 0) is 25.2 Å². The van der Waals surface area contributed by atoms with Crippen molar-refractivity contribution in [3.05, 3.63) is 17.8 Å². The number of nitrogens with zero attached hydrogens (tertiary/aromatic N) is 3. The Bertz CT molecular complexity index is 748. The van der Waals surface area contributed by atoms with Crippen LogP contribution in [0, 0.1) is 5.92 Å². The van der Waals surface area contributed by atoms with E-state index in [-0.39, 0.29) is 36.1 Å². The summed E-state index contributed by atoms with van der Waals surface area (Å²) in [6.45, 7) is 9.24. The summed E-state index contributed by atoms with van der Waals surface area (Å²) in [6.07, 6.45) is 5.31. The van der Waals surface area contributed by atoms with Crippen LogP contribution in [0.25, 0.3) is 0 Å². The highest BCUT2D eigenvalue weighted by Crippen LogP contribution is 2.26. The van der Waals surface area contributed by atoms with Crippen molar-refractivity contribution in [3.63, 3.8) is 0 Å². The van der Waals surface area contributed by atoms with E-state index < -0.39 is 0 Å². The molecule has 3 aliphatic heterocycles. The normalized spacial score (nSPS) is 26.2. The zero-order valence-electron chi connectivity index (χ0n) is 17.6. The molecular formula is C21H32N4O4. The summed E-state index contributed by atoms with van der Waals surface area (Å²) >= 11 is 0. The van der Waals surface area contributed by atoms with Gasteiger partial charge in [0.05, 0.1) is 17.8 Å². The number of ether oxygens (including phenoxy) is 1. The second kappa shape index (κ2) is 7.97. The quantitative estimate of drug-likeness (QED) is 0.814. The maximum Gasteiger partial charge on any atom is 0.320 e. The van der Waals surface area contributed by atoms with E-state index in [1.807, 2.05) is 9.80 Å². The molecule has 3 fully saturated rings. The fraction of sp³-hybridized carbons (Fsp3) is 0.762. The lowest BCUT2D eigenvalue weighted by atomic mass is 9.92. The average molecular weight is 405 g/mol. The summed E-state index contributed by atoms with van der Waals surface area (Å²) in [5.41, 5.74) is 0.982. The molecule has 0 spiro atoms. The van der Waals surface area contributed by atoms with Crippen molar-refractivity contribution >= 4 is 11.9 Å². The highest BCUT2D eigenvalue weighted by Gasteiger charge is 2.38. The maximum atomic E-state index is 13.0. The first-order valence-corrected chi connectivity index (χ1v) is 10.7. The summed E-state index contributed by atoms with van der Waals surface area (Å²) in [5.74, 6) is 1.19. The topological polar surface area (TPSA) is 87.9 Å². The first-order chi connectivity index (χ1) is 13.8. The number of urea groups is 1. The first kappa shape index (κ1) is 20.2. The summed E-state index contributed by atoms with van der Waals surface area (Å²) in [6, 6.07) is -0.0126. The number of aromatic nitrogens is 1. The lowest BCUT2D eigenvalue weighted by molar-refractivity contribution is -0.139. The van der Waals surface area contributed by atoms with Crippen molar-refractivity contribution in [3.8, 4) is 0 Å². The molecule has 160 valence electrons. The van der Waals surface area contributed by atoms with E-state index in [4.69, 9.17) is 9.15 Å². The van der Waals surface area contributed by atoms with Gasteiger partial charge in [-0.1, -0.05) is 20.8 Å². The van der Waals surface area contributed by atoms with Crippen LogP contribution in [0.3, 0.4) is 0 Å². The van der Waals surface area contributed by atoms with E-state index in [1.54, 1.807) is 6.26 Å². The van der Waals surface area contributed by atoms with Crippen molar-refractivity contribution in [2.75, 3.05) is 32.8 Å². The molecule has 1 aromatic rings. The molecule has 3 saturated heterocycles. The van der Waals surface area contributed by atoms with Crippen LogP contribution in [0.4, 0.5) is 4.79 Å². The van der Waals surface area contributed by atoms with Gasteiger partial charge in [-0.2, -0.15) is 0 Å². The number of hydrogen-bond donors (Lipinski definition) is 1. The lowest BCUT2D eigenvalue weighted by Crippen LogP contribution is -2.62. The molecule has 0 bridgehead atoms. The number of nitrogens with one attached hydrogen (secondary N) is 1. The van der Waals surface area contributed by atoms with Gasteiger partial charge in [-0.15, -0.1) is 0 Å². The minimum atomic E-state index is -0.0949. The molecule has 1 N–H and O–H groups in total. The van der Waals surface area contributed by atoms with E-state index in [2.05, 4.69) is 31.1 Å². The largest absolute Gasteiger partial charge is 0.449 e. The van der Waals surface area contributed by atoms with Crippen molar-refractivity contribution in [2.24, 2.45) is 5.92 Å². The van der Waals surface area contributed by atoms with Gasteiger partial charge in [0, 0.05) is 38.0 Å². The Balaban J connectivity index is 1.26. The van der Waals surface area contributed by atoms with Gasteiger partial charge in [-0.25, -0.2) is 9.78 Å². The Hall–Kier alpha value is -2.09. The van der Waals surface area contributed by atoms with E-state index in [9.17, 15) is 9.59 Å². The number of carbonyl (C=O) groups excluding carboxylic acids is 2. The minimum Gasteiger partial charge on any atom is -0.449 e. The molecular weight excluding hydrogens is 372 g/mol. The van der Waals surface area contributed by atoms with Crippen molar-refractivity contribution in [1.29, 1.82) is 0 Å². The Labute approximate surface area is 172 Å². The van der Waals surface area contributed by atoms with E-state index in [0.29, 0.717) is 19.0 Å². The van der Waals surface area contributed by atoms with Crippen molar-refractivity contribution in [2.45, 2.75) is 64.0 Å². The maximum absolute atomic E-state index is 13.0. The molecule has 8 heteroatoms. The van der Waals surface area contributed by atoms with Gasteiger partial charge in [0.2, 0.25) is 5.91 Å². The molecule has 0 aromatic carbocycles. The summed E-state index contributed by atoms with van der Waals surface area (Å²) in [7, 11) is 0. The second-order valence-corrected chi connectivity index (χ2v) is 9.55. The number of piperidine rings is 2. The van der Waals surface area contributed by atoms with Gasteiger partial charge in [-0.3, -0.25) is 4.79 Å². The Morgan fingerprint density at radius 3 is 2.62 bits per heavy atom. The highest BCUT2D eigenvalue weighted by molar-refractivity contribution is 5.79. The smallest absolute Gasteiger partial charge is 0.320 e. The summed E-state index contributed by atoms with van der Waals surface area (Å²) in [4.78, 5) is 33.0. The minimum absolute atomic E-state index is 0.00612. The van der Waals surface area contributed by atoms with Gasteiger partial charge in [0.1, 0.15) is 12.9 Å². The number of likely N-dealkylation sites (tertiary alicyclic amines) is 2. The van der Waals surface area contributed by atoms with Gasteiger partial charge in [0.25, 0.3) is 0 Å². The molecule has 3 amide bonds. The van der Waals surface area contributed by atoms with Gasteiger partial charge < -0.3 is 24.3 Å². The molecule has 8 nitrogen and oxygen atoms in total. The third-order valence-corrected chi connectivity index (χ3v) is 6.26. The highest BCUT2D eigenvalue weighted by atomic mass is 16.5. The fourth-order valence-electron chi connectivity index (χ4n) is 4.40. The molecule has 0 unspecified atom stereocenters. The summed E-state index contributed by atoms with van der Waals surface area (Å²) in [5, 5.41) is 2.96. The molecule has 0 aliphatic carbocycles. The molecule has 4 heterocycles. The third kappa shape index (κ3) is 4.57. The zero-order valence-corrected chi connectivity index (χ0v) is 17.6. The van der Waals surface area contributed by atoms with E-state index in [1.165, 1.54) is 0 Å². The van der Waals surface area contributed by atoms with Crippen LogP contribution < -0.4 is 5.32 Å². The monoisotopic (exact) mass is 404 g/mol. The van der Waals surface area contributed by atoms with Crippen LogP contribution in [0.2, 0.25) is 0 Å². The van der Waals surface area contributed by atoms with Crippen molar-refractivity contribution < 1.29 is 18.7 Å². The van der Waals surface area contributed by atoms with Gasteiger partial charge in [0.15, 0.2) is 5.89 Å². The average Bonchev–Trinajstić information content (AvgIpc) is 3.16. The Morgan fingerprint density at radius 2 is 1.93 bits per heavy atom. The summed E-state index contributed by atoms with van der Waals surface area (Å²) < 4.78 is 11.3. The Kier molecular flexibility index (Phi) is 5.55. The third-order valence-electron chi connectivity index (χ3n) is 6.26. The van der Waals surface area contributed by atoms with Crippen LogP contribution in [0.1, 0.15) is 51.6 Å². The lowest BCUT2D eigenvalue weighted by Gasteiger charge is -2.43. The number of morpholine rings is 1. The number of carbonyl (C=O) groups is 2. The molecule has 4 rings (SSSR count). The van der Waals surface area contributed by atoms with Crippen LogP contribution in [-0.4, -0.2) is 71.7 Å². The zero-order chi connectivity index (χ0) is 20.6. The standard InChI is InChI=1S/C21H32N4O4/c1-21(2,3)17-12-29-19(23-17)10-14-4-7-24(8-5-14)20(27)25-9-6-16-15(11-25)22-18(26)13-28-16/h12,14-16H,4-11,13H2,1-3H3,(H,22,26)/t15-,16+/m1/s1. The Morgan fingerprint density at radius 1 is 1.21 bits per heavy atom. The molecule has 0 radical (unpaired) electrons. The van der Waals surface area contributed by atoms with E-state index in [0.717, 1.165) is 50.4 Å². The van der Waals surface area contributed by atoms with Crippen LogP contribution in [-0.2, 0) is 21.4 Å². The predicted octanol–water partition coefficient (Wildman–Crippen LogP) is 1.94. The number of rotatable bonds is 2. The van der Waals surface area contributed by atoms with Crippen LogP contribution >= 0.6 is 0 Å². The molecule has 0 saturated carbocycles. The van der Waals surface area contributed by atoms with Crippen LogP contribution in [0.5, 0.6) is 0 Å². The molecule has 1 aromatic heterocycles. The number of fused-ring (bicyclic) bond motifs is 1. The number of hydrogen-bond acceptors (Lipinski definition) is 5. The SMILES string of the molecule is CC(C)(C)c1coc(CC2CCN(C(=O)N3CC[C@@H]4OCC(=O)N[C@@H]4C3)CC2)n1. The number of amides is 3. The predicted molar refractivity (Wildman–Crippen MR) is 106 cm³/mol. The van der Waals surface area contributed by atoms with Gasteiger partial charge >= 0.3 is 6.03 Å².